The molecule has 0 atom stereocenters. The Hall–Kier alpha value is -1.62. The van der Waals surface area contributed by atoms with Gasteiger partial charge in [0.1, 0.15) is 5.82 Å². The molecule has 0 aliphatic heterocycles. The Labute approximate surface area is 88.5 Å². The molecule has 0 aromatic carbocycles. The molecule has 0 unspecified atom stereocenters. The first-order chi connectivity index (χ1) is 7.24. The van der Waals surface area contributed by atoms with Crippen molar-refractivity contribution < 1.29 is 0 Å². The second-order valence-electron chi connectivity index (χ2n) is 3.62. The topological polar surface area (TPSA) is 58.5 Å². The van der Waals surface area contributed by atoms with Crippen LogP contribution >= 0.6 is 0 Å². The molecule has 5 nitrogen and oxygen atoms in total. The summed E-state index contributed by atoms with van der Waals surface area (Å²) in [5, 5.41) is 7.42. The van der Waals surface area contributed by atoms with Crippen molar-refractivity contribution in [2.45, 2.75) is 20.0 Å². The van der Waals surface area contributed by atoms with Crippen molar-refractivity contribution in [1.82, 2.24) is 25.1 Å². The van der Waals surface area contributed by atoms with Crippen LogP contribution in [0.3, 0.4) is 0 Å². The summed E-state index contributed by atoms with van der Waals surface area (Å²) >= 11 is 0. The van der Waals surface area contributed by atoms with Gasteiger partial charge in [-0.1, -0.05) is 0 Å². The molecule has 2 aromatic rings. The van der Waals surface area contributed by atoms with Crippen LogP contribution in [0, 0.1) is 6.92 Å². The van der Waals surface area contributed by atoms with Crippen LogP contribution in [0.2, 0.25) is 0 Å². The van der Waals surface area contributed by atoms with E-state index >= 15 is 0 Å². The molecule has 0 radical (unpaired) electrons. The third kappa shape index (κ3) is 2.66. The summed E-state index contributed by atoms with van der Waals surface area (Å²) in [5.74, 6) is 0.952. The highest BCUT2D eigenvalue weighted by Gasteiger charge is 1.98. The van der Waals surface area contributed by atoms with Crippen LogP contribution in [-0.4, -0.2) is 19.7 Å². The van der Waals surface area contributed by atoms with Gasteiger partial charge in [0, 0.05) is 43.8 Å². The van der Waals surface area contributed by atoms with Crippen LogP contribution in [0.5, 0.6) is 0 Å². The second-order valence-corrected chi connectivity index (χ2v) is 3.62. The van der Waals surface area contributed by atoms with Crippen LogP contribution in [0.15, 0.2) is 18.6 Å². The van der Waals surface area contributed by atoms with E-state index in [1.807, 2.05) is 32.6 Å². The summed E-state index contributed by atoms with van der Waals surface area (Å²) in [6, 6.07) is 0. The van der Waals surface area contributed by atoms with E-state index in [2.05, 4.69) is 20.4 Å². The molecule has 2 N–H and O–H groups in total. The summed E-state index contributed by atoms with van der Waals surface area (Å²) in [6.07, 6.45) is 5.72. The van der Waals surface area contributed by atoms with Crippen molar-refractivity contribution >= 4 is 0 Å². The third-order valence-corrected chi connectivity index (χ3v) is 2.16. The van der Waals surface area contributed by atoms with Gasteiger partial charge in [0.25, 0.3) is 0 Å². The van der Waals surface area contributed by atoms with Crippen LogP contribution in [0.1, 0.15) is 17.1 Å². The number of hydrogen-bond acceptors (Lipinski definition) is 3. The third-order valence-electron chi connectivity index (χ3n) is 2.16. The first kappa shape index (κ1) is 9.92. The Kier molecular flexibility index (Phi) is 2.82. The quantitative estimate of drug-likeness (QED) is 0.774. The highest BCUT2D eigenvalue weighted by atomic mass is 15.2. The Balaban J connectivity index is 1.80. The van der Waals surface area contributed by atoms with Gasteiger partial charge in [0.2, 0.25) is 0 Å². The number of rotatable bonds is 4. The minimum absolute atomic E-state index is 0.801. The molecule has 0 aliphatic rings. The number of nitrogens with zero attached hydrogens (tertiary/aromatic N) is 3. The van der Waals surface area contributed by atoms with Crippen molar-refractivity contribution in [2.75, 3.05) is 0 Å². The minimum atomic E-state index is 0.801. The lowest BCUT2D eigenvalue weighted by molar-refractivity contribution is 0.680. The largest absolute Gasteiger partial charge is 0.345 e. The zero-order valence-electron chi connectivity index (χ0n) is 8.99. The lowest BCUT2D eigenvalue weighted by atomic mass is 10.3. The van der Waals surface area contributed by atoms with Crippen molar-refractivity contribution in [3.8, 4) is 0 Å². The van der Waals surface area contributed by atoms with E-state index in [1.54, 1.807) is 4.68 Å². The van der Waals surface area contributed by atoms with Crippen molar-refractivity contribution in [2.24, 2.45) is 7.05 Å². The van der Waals surface area contributed by atoms with Crippen LogP contribution < -0.4 is 5.32 Å². The van der Waals surface area contributed by atoms with Crippen LogP contribution in [0.25, 0.3) is 0 Å². The second kappa shape index (κ2) is 4.27. The highest BCUT2D eigenvalue weighted by Crippen LogP contribution is 1.98. The van der Waals surface area contributed by atoms with Gasteiger partial charge >= 0.3 is 0 Å². The van der Waals surface area contributed by atoms with Gasteiger partial charge in [0.05, 0.1) is 6.20 Å². The van der Waals surface area contributed by atoms with Gasteiger partial charge in [0.15, 0.2) is 0 Å². The Morgan fingerprint density at radius 3 is 2.87 bits per heavy atom. The fourth-order valence-corrected chi connectivity index (χ4v) is 1.47. The lowest BCUT2D eigenvalue weighted by Crippen LogP contribution is -2.12. The predicted octanol–water partition coefficient (Wildman–Crippen LogP) is 0.741. The van der Waals surface area contributed by atoms with E-state index in [0.717, 1.165) is 24.6 Å². The van der Waals surface area contributed by atoms with Gasteiger partial charge < -0.3 is 10.3 Å². The van der Waals surface area contributed by atoms with Crippen molar-refractivity contribution in [3.05, 3.63) is 35.7 Å². The zero-order chi connectivity index (χ0) is 10.7. The van der Waals surface area contributed by atoms with Crippen molar-refractivity contribution in [3.63, 3.8) is 0 Å². The van der Waals surface area contributed by atoms with Crippen LogP contribution in [0.4, 0.5) is 0 Å². The first-order valence-corrected chi connectivity index (χ1v) is 4.93. The molecule has 0 saturated heterocycles. The predicted molar refractivity (Wildman–Crippen MR) is 57.1 cm³/mol. The van der Waals surface area contributed by atoms with Gasteiger partial charge in [-0.3, -0.25) is 4.68 Å². The molecule has 80 valence electrons. The van der Waals surface area contributed by atoms with E-state index < -0.39 is 0 Å². The maximum absolute atomic E-state index is 4.13. The number of aromatic nitrogens is 4. The van der Waals surface area contributed by atoms with E-state index in [9.17, 15) is 0 Å². The monoisotopic (exact) mass is 205 g/mol. The molecule has 0 bridgehead atoms. The standard InChI is InChI=1S/C10H15N5/c1-8-12-6-10(14-8)5-11-3-9-4-13-15(2)7-9/h4,6-7,11H,3,5H2,1-2H3,(H,12,14). The molecule has 15 heavy (non-hydrogen) atoms. The lowest BCUT2D eigenvalue weighted by Gasteiger charge is -1.99. The first-order valence-electron chi connectivity index (χ1n) is 4.93. The molecule has 0 spiro atoms. The minimum Gasteiger partial charge on any atom is -0.345 e. The highest BCUT2D eigenvalue weighted by molar-refractivity contribution is 5.04. The Bertz CT molecular complexity index is 388. The fraction of sp³-hybridized carbons (Fsp3) is 0.400. The van der Waals surface area contributed by atoms with E-state index in [-0.39, 0.29) is 0 Å². The number of aryl methyl sites for hydroxylation is 2. The Morgan fingerprint density at radius 2 is 2.27 bits per heavy atom. The van der Waals surface area contributed by atoms with Crippen molar-refractivity contribution in [1.29, 1.82) is 0 Å². The number of aromatic amines is 1. The molecule has 0 saturated carbocycles. The molecule has 5 heteroatoms. The molecular weight excluding hydrogens is 190 g/mol. The molecule has 0 amide bonds. The molecule has 2 heterocycles. The average molecular weight is 205 g/mol. The maximum atomic E-state index is 4.13. The summed E-state index contributed by atoms with van der Waals surface area (Å²) in [4.78, 5) is 7.31. The van der Waals surface area contributed by atoms with Gasteiger partial charge in [-0.15, -0.1) is 0 Å². The smallest absolute Gasteiger partial charge is 0.103 e. The van der Waals surface area contributed by atoms with Gasteiger partial charge in [-0.05, 0) is 6.92 Å². The number of nitrogens with one attached hydrogen (secondary N) is 2. The average Bonchev–Trinajstić information content (AvgIpc) is 2.76. The van der Waals surface area contributed by atoms with Crippen LogP contribution in [-0.2, 0) is 20.1 Å². The molecular formula is C10H15N5. The summed E-state index contributed by atoms with van der Waals surface area (Å²) in [5.41, 5.74) is 2.30. The normalized spacial score (nSPS) is 10.8. The maximum Gasteiger partial charge on any atom is 0.103 e. The number of H-pyrrole nitrogens is 1. The number of hydrogen-bond donors (Lipinski definition) is 2. The SMILES string of the molecule is Cc1ncc(CNCc2cnn(C)c2)[nH]1. The summed E-state index contributed by atoms with van der Waals surface area (Å²) in [7, 11) is 1.92. The van der Waals surface area contributed by atoms with E-state index in [0.29, 0.717) is 0 Å². The molecule has 0 aliphatic carbocycles. The molecule has 0 fully saturated rings. The summed E-state index contributed by atoms with van der Waals surface area (Å²) < 4.78 is 1.80. The molecule has 2 aromatic heterocycles. The zero-order valence-corrected chi connectivity index (χ0v) is 8.99. The van der Waals surface area contributed by atoms with Gasteiger partial charge in [-0.25, -0.2) is 4.98 Å². The van der Waals surface area contributed by atoms with E-state index in [4.69, 9.17) is 0 Å². The fourth-order valence-electron chi connectivity index (χ4n) is 1.47. The number of imidazole rings is 1. The van der Waals surface area contributed by atoms with Gasteiger partial charge in [-0.2, -0.15) is 5.10 Å². The van der Waals surface area contributed by atoms with E-state index in [1.165, 1.54) is 5.56 Å². The Morgan fingerprint density at radius 1 is 1.40 bits per heavy atom. The molecule has 2 rings (SSSR count). The summed E-state index contributed by atoms with van der Waals surface area (Å²) in [6.45, 7) is 3.58.